The highest BCUT2D eigenvalue weighted by molar-refractivity contribution is 6.20. The normalized spacial score (nSPS) is 12.8. The Balaban J connectivity index is 2.03. The predicted octanol–water partition coefficient (Wildman–Crippen LogP) is 5.76. The fraction of sp³-hybridized carbons (Fsp3) is 0.150. The first-order valence-corrected chi connectivity index (χ1v) is 8.19. The molecule has 0 radical (unpaired) electrons. The van der Waals surface area contributed by atoms with Gasteiger partial charge in [0.15, 0.2) is 0 Å². The van der Waals surface area contributed by atoms with Gasteiger partial charge in [0.05, 0.1) is 16.8 Å². The van der Waals surface area contributed by atoms with Gasteiger partial charge in [0.2, 0.25) is 0 Å². The van der Waals surface area contributed by atoms with E-state index in [0.29, 0.717) is 0 Å². The molecular formula is C20H17ClN2. The molecule has 1 atom stereocenters. The molecular weight excluding hydrogens is 304 g/mol. The molecule has 0 spiro atoms. The van der Waals surface area contributed by atoms with Gasteiger partial charge in [0, 0.05) is 11.8 Å². The summed E-state index contributed by atoms with van der Waals surface area (Å²) in [6.07, 6.45) is 2.04. The lowest BCUT2D eigenvalue weighted by Gasteiger charge is -2.08. The second kappa shape index (κ2) is 5.39. The summed E-state index contributed by atoms with van der Waals surface area (Å²) in [6, 6.07) is 18.9. The third-order valence-electron chi connectivity index (χ3n) is 4.28. The first-order valence-electron chi connectivity index (χ1n) is 7.76. The van der Waals surface area contributed by atoms with Gasteiger partial charge >= 0.3 is 0 Å². The number of fused-ring (bicyclic) bond motifs is 2. The number of imidazole rings is 1. The van der Waals surface area contributed by atoms with Gasteiger partial charge in [-0.25, -0.2) is 4.98 Å². The molecule has 0 saturated heterocycles. The van der Waals surface area contributed by atoms with Crippen LogP contribution in [0.3, 0.4) is 0 Å². The van der Waals surface area contributed by atoms with Gasteiger partial charge in [-0.3, -0.25) is 0 Å². The summed E-state index contributed by atoms with van der Waals surface area (Å²) < 4.78 is 2.11. The Bertz CT molecular complexity index is 1010. The van der Waals surface area contributed by atoms with Crippen molar-refractivity contribution in [2.45, 2.75) is 19.2 Å². The molecule has 2 aromatic carbocycles. The quantitative estimate of drug-likeness (QED) is 0.429. The van der Waals surface area contributed by atoms with Crippen LogP contribution in [0.2, 0.25) is 0 Å². The molecule has 2 heterocycles. The van der Waals surface area contributed by atoms with Crippen LogP contribution in [0.5, 0.6) is 0 Å². The molecule has 0 aliphatic carbocycles. The fourth-order valence-electron chi connectivity index (χ4n) is 3.15. The lowest BCUT2D eigenvalue weighted by atomic mass is 10.0. The van der Waals surface area contributed by atoms with E-state index in [9.17, 15) is 0 Å². The maximum atomic E-state index is 6.49. The number of pyridine rings is 1. The van der Waals surface area contributed by atoms with Gasteiger partial charge in [-0.15, -0.1) is 11.6 Å². The maximum Gasteiger partial charge on any atom is 0.140 e. The second-order valence-corrected chi connectivity index (χ2v) is 6.56. The molecule has 2 aromatic heterocycles. The Hall–Kier alpha value is -2.32. The highest BCUT2D eigenvalue weighted by Gasteiger charge is 2.18. The monoisotopic (exact) mass is 320 g/mol. The van der Waals surface area contributed by atoms with E-state index in [1.165, 1.54) is 10.8 Å². The third kappa shape index (κ3) is 2.30. The number of nitrogens with zero attached hydrogens (tertiary/aromatic N) is 2. The second-order valence-electron chi connectivity index (χ2n) is 5.91. The lowest BCUT2D eigenvalue weighted by Crippen LogP contribution is -1.95. The van der Waals surface area contributed by atoms with E-state index in [0.717, 1.165) is 28.2 Å². The van der Waals surface area contributed by atoms with E-state index in [4.69, 9.17) is 16.6 Å². The van der Waals surface area contributed by atoms with Crippen molar-refractivity contribution in [3.63, 3.8) is 0 Å². The van der Waals surface area contributed by atoms with E-state index < -0.39 is 0 Å². The Labute approximate surface area is 140 Å². The third-order valence-corrected chi connectivity index (χ3v) is 4.49. The average molecular weight is 321 g/mol. The Morgan fingerprint density at radius 2 is 1.78 bits per heavy atom. The fourth-order valence-corrected chi connectivity index (χ4v) is 3.36. The molecule has 23 heavy (non-hydrogen) atoms. The van der Waals surface area contributed by atoms with Crippen LogP contribution in [0.4, 0.5) is 0 Å². The first kappa shape index (κ1) is 14.3. The molecule has 4 rings (SSSR count). The molecule has 0 N–H and O–H groups in total. The van der Waals surface area contributed by atoms with Gasteiger partial charge in [-0.1, -0.05) is 42.5 Å². The van der Waals surface area contributed by atoms with Crippen LogP contribution in [-0.2, 0) is 0 Å². The molecule has 2 nitrogen and oxygen atoms in total. The molecule has 0 aliphatic heterocycles. The van der Waals surface area contributed by atoms with Crippen molar-refractivity contribution in [1.29, 1.82) is 0 Å². The molecule has 114 valence electrons. The zero-order chi connectivity index (χ0) is 16.0. The molecule has 4 aromatic rings. The van der Waals surface area contributed by atoms with Crippen LogP contribution in [0.15, 0.2) is 60.8 Å². The number of rotatable bonds is 2. The number of halogens is 1. The number of aryl methyl sites for hydroxylation is 1. The molecule has 0 aliphatic rings. The van der Waals surface area contributed by atoms with Crippen LogP contribution in [-0.4, -0.2) is 9.38 Å². The van der Waals surface area contributed by atoms with E-state index >= 15 is 0 Å². The largest absolute Gasteiger partial charge is 0.302 e. The van der Waals surface area contributed by atoms with E-state index in [-0.39, 0.29) is 5.38 Å². The first-order chi connectivity index (χ1) is 11.1. The van der Waals surface area contributed by atoms with E-state index in [2.05, 4.69) is 59.9 Å². The van der Waals surface area contributed by atoms with Crippen molar-refractivity contribution >= 4 is 28.0 Å². The van der Waals surface area contributed by atoms with Gasteiger partial charge in [-0.2, -0.15) is 0 Å². The summed E-state index contributed by atoms with van der Waals surface area (Å²) in [5.41, 5.74) is 5.23. The maximum absolute atomic E-state index is 6.49. The summed E-state index contributed by atoms with van der Waals surface area (Å²) in [5.74, 6) is 0. The zero-order valence-corrected chi connectivity index (χ0v) is 13.9. The zero-order valence-electron chi connectivity index (χ0n) is 13.1. The number of alkyl halides is 1. The van der Waals surface area contributed by atoms with Crippen molar-refractivity contribution in [1.82, 2.24) is 9.38 Å². The average Bonchev–Trinajstić information content (AvgIpc) is 2.95. The van der Waals surface area contributed by atoms with Gasteiger partial charge in [0.25, 0.3) is 0 Å². The van der Waals surface area contributed by atoms with Crippen molar-refractivity contribution in [2.24, 2.45) is 0 Å². The standard InChI is InChI=1S/C20H17ClN2/c1-13-6-5-11-23-19(14(2)21)18(22-20(13)23)17-10-9-15-7-3-4-8-16(15)12-17/h3-12,14H,1-2H3. The van der Waals surface area contributed by atoms with Crippen LogP contribution in [0.25, 0.3) is 27.7 Å². The summed E-state index contributed by atoms with van der Waals surface area (Å²) in [5, 5.41) is 2.33. The lowest BCUT2D eigenvalue weighted by molar-refractivity contribution is 0.962. The predicted molar refractivity (Wildman–Crippen MR) is 97.1 cm³/mol. The highest BCUT2D eigenvalue weighted by Crippen LogP contribution is 2.34. The van der Waals surface area contributed by atoms with Crippen LogP contribution in [0, 0.1) is 6.92 Å². The highest BCUT2D eigenvalue weighted by atomic mass is 35.5. The van der Waals surface area contributed by atoms with Crippen LogP contribution < -0.4 is 0 Å². The number of aromatic nitrogens is 2. The minimum absolute atomic E-state index is 0.117. The molecule has 3 heteroatoms. The molecule has 0 saturated carbocycles. The smallest absolute Gasteiger partial charge is 0.140 e. The van der Waals surface area contributed by atoms with Gasteiger partial charge in [-0.05, 0) is 42.3 Å². The molecule has 1 unspecified atom stereocenters. The van der Waals surface area contributed by atoms with E-state index in [1.54, 1.807) is 0 Å². The Morgan fingerprint density at radius 1 is 1.00 bits per heavy atom. The summed E-state index contributed by atoms with van der Waals surface area (Å²) >= 11 is 6.49. The SMILES string of the molecule is Cc1cccn2c(C(C)Cl)c(-c3ccc4ccccc4c3)nc12. The van der Waals surface area contributed by atoms with Gasteiger partial charge < -0.3 is 4.40 Å². The molecule has 0 fully saturated rings. The van der Waals surface area contributed by atoms with Crippen LogP contribution >= 0.6 is 11.6 Å². The minimum Gasteiger partial charge on any atom is -0.302 e. The minimum atomic E-state index is -0.117. The summed E-state index contributed by atoms with van der Waals surface area (Å²) in [6.45, 7) is 4.08. The van der Waals surface area contributed by atoms with E-state index in [1.807, 2.05) is 19.2 Å². The number of hydrogen-bond acceptors (Lipinski definition) is 1. The molecule has 0 amide bonds. The summed E-state index contributed by atoms with van der Waals surface area (Å²) in [4.78, 5) is 4.89. The Morgan fingerprint density at radius 3 is 2.57 bits per heavy atom. The summed E-state index contributed by atoms with van der Waals surface area (Å²) in [7, 11) is 0. The topological polar surface area (TPSA) is 17.3 Å². The number of benzene rings is 2. The van der Waals surface area contributed by atoms with Crippen molar-refractivity contribution in [2.75, 3.05) is 0 Å². The van der Waals surface area contributed by atoms with Crippen molar-refractivity contribution < 1.29 is 0 Å². The van der Waals surface area contributed by atoms with Crippen molar-refractivity contribution in [3.8, 4) is 11.3 Å². The van der Waals surface area contributed by atoms with Crippen molar-refractivity contribution in [3.05, 3.63) is 72.1 Å². The van der Waals surface area contributed by atoms with Gasteiger partial charge in [0.1, 0.15) is 5.65 Å². The van der Waals surface area contributed by atoms with Crippen LogP contribution in [0.1, 0.15) is 23.6 Å². The Kier molecular flexibility index (Phi) is 3.35. The molecule has 0 bridgehead atoms. The number of hydrogen-bond donors (Lipinski definition) is 0.